The van der Waals surface area contributed by atoms with Gasteiger partial charge in [-0.15, -0.1) is 0 Å². The van der Waals surface area contributed by atoms with E-state index in [0.29, 0.717) is 13.1 Å². The van der Waals surface area contributed by atoms with Gasteiger partial charge in [-0.2, -0.15) is 0 Å². The Morgan fingerprint density at radius 1 is 1.29 bits per heavy atom. The number of rotatable bonds is 3. The number of aromatic nitrogens is 1. The van der Waals surface area contributed by atoms with Crippen LogP contribution in [0.5, 0.6) is 0 Å². The van der Waals surface area contributed by atoms with E-state index in [4.69, 9.17) is 5.11 Å². The van der Waals surface area contributed by atoms with E-state index in [0.717, 1.165) is 25.3 Å². The van der Waals surface area contributed by atoms with Crippen molar-refractivity contribution in [1.29, 1.82) is 0 Å². The molecule has 5 nitrogen and oxygen atoms in total. The minimum atomic E-state index is -0.389. The number of carbonyl (C=O) groups excluding carboxylic acids is 1. The molecule has 1 amide bonds. The maximum absolute atomic E-state index is 11.3. The molecule has 0 bridgehead atoms. The van der Waals surface area contributed by atoms with Gasteiger partial charge in [0, 0.05) is 38.9 Å². The first-order chi connectivity index (χ1) is 8.29. The molecule has 5 heteroatoms. The van der Waals surface area contributed by atoms with Crippen molar-refractivity contribution in [2.75, 3.05) is 32.8 Å². The molecule has 17 heavy (non-hydrogen) atoms. The lowest BCUT2D eigenvalue weighted by atomic mass is 10.2. The van der Waals surface area contributed by atoms with E-state index in [2.05, 4.69) is 9.88 Å². The van der Waals surface area contributed by atoms with Gasteiger partial charge in [0.25, 0.3) is 0 Å². The van der Waals surface area contributed by atoms with Crippen LogP contribution >= 0.6 is 0 Å². The molecule has 0 unspecified atom stereocenters. The lowest BCUT2D eigenvalue weighted by Gasteiger charge is -2.34. The number of pyridine rings is 1. The number of aliphatic hydroxyl groups is 1. The van der Waals surface area contributed by atoms with E-state index in [1.54, 1.807) is 11.1 Å². The quantitative estimate of drug-likeness (QED) is 0.783. The van der Waals surface area contributed by atoms with Crippen molar-refractivity contribution < 1.29 is 9.90 Å². The number of amides is 1. The molecule has 1 N–H and O–H groups in total. The highest BCUT2D eigenvalue weighted by Crippen LogP contribution is 2.06. The summed E-state index contributed by atoms with van der Waals surface area (Å²) in [5.74, 6) is -0.178. The number of hydrogen-bond donors (Lipinski definition) is 1. The average Bonchev–Trinajstić information content (AvgIpc) is 2.40. The topological polar surface area (TPSA) is 56.7 Å². The van der Waals surface area contributed by atoms with Crippen molar-refractivity contribution >= 4 is 5.91 Å². The van der Waals surface area contributed by atoms with E-state index >= 15 is 0 Å². The van der Waals surface area contributed by atoms with Gasteiger partial charge < -0.3 is 10.0 Å². The number of carbonyl (C=O) groups is 1. The van der Waals surface area contributed by atoms with E-state index in [1.807, 2.05) is 18.2 Å². The molecule has 2 rings (SSSR count). The first-order valence-corrected chi connectivity index (χ1v) is 5.80. The van der Waals surface area contributed by atoms with Gasteiger partial charge >= 0.3 is 0 Å². The summed E-state index contributed by atoms with van der Waals surface area (Å²) in [7, 11) is 0. The van der Waals surface area contributed by atoms with Crippen molar-refractivity contribution in [3.8, 4) is 0 Å². The summed E-state index contributed by atoms with van der Waals surface area (Å²) in [6, 6.07) is 5.89. The zero-order chi connectivity index (χ0) is 12.1. The summed E-state index contributed by atoms with van der Waals surface area (Å²) in [4.78, 5) is 19.5. The Bertz CT molecular complexity index is 361. The van der Waals surface area contributed by atoms with Crippen LogP contribution < -0.4 is 0 Å². The molecule has 0 radical (unpaired) electrons. The van der Waals surface area contributed by atoms with E-state index < -0.39 is 0 Å². The normalized spacial score (nSPS) is 17.1. The van der Waals surface area contributed by atoms with Gasteiger partial charge in [0.05, 0.1) is 5.69 Å². The molecule has 1 saturated heterocycles. The predicted molar refractivity (Wildman–Crippen MR) is 63.2 cm³/mol. The predicted octanol–water partition coefficient (Wildman–Crippen LogP) is -0.282. The minimum absolute atomic E-state index is 0.178. The Hall–Kier alpha value is -1.46. The van der Waals surface area contributed by atoms with Crippen molar-refractivity contribution in [2.45, 2.75) is 6.54 Å². The maximum Gasteiger partial charge on any atom is 0.248 e. The van der Waals surface area contributed by atoms with Crippen LogP contribution in [0.1, 0.15) is 5.69 Å². The lowest BCUT2D eigenvalue weighted by Crippen LogP contribution is -2.49. The minimum Gasteiger partial charge on any atom is -0.387 e. The van der Waals surface area contributed by atoms with E-state index in [1.165, 1.54) is 0 Å². The third-order valence-electron chi connectivity index (χ3n) is 2.97. The fraction of sp³-hybridized carbons (Fsp3) is 0.500. The molecule has 0 atom stereocenters. The summed E-state index contributed by atoms with van der Waals surface area (Å²) in [5.41, 5.74) is 1.05. The third-order valence-corrected chi connectivity index (χ3v) is 2.97. The molecule has 1 aromatic rings. The molecular formula is C12H17N3O2. The molecule has 92 valence electrons. The van der Waals surface area contributed by atoms with Crippen LogP contribution in [0.15, 0.2) is 24.4 Å². The van der Waals surface area contributed by atoms with Crippen LogP contribution in [-0.4, -0.2) is 58.6 Å². The number of piperazine rings is 1. The molecule has 0 aromatic carbocycles. The first kappa shape index (κ1) is 12.0. The van der Waals surface area contributed by atoms with Crippen LogP contribution in [0.4, 0.5) is 0 Å². The molecular weight excluding hydrogens is 218 g/mol. The maximum atomic E-state index is 11.3. The first-order valence-electron chi connectivity index (χ1n) is 5.80. The molecule has 0 aliphatic carbocycles. The summed E-state index contributed by atoms with van der Waals surface area (Å²) < 4.78 is 0. The fourth-order valence-corrected chi connectivity index (χ4v) is 1.98. The molecule has 0 saturated carbocycles. The van der Waals surface area contributed by atoms with Crippen molar-refractivity contribution in [2.24, 2.45) is 0 Å². The summed E-state index contributed by atoms with van der Waals surface area (Å²) >= 11 is 0. The SMILES string of the molecule is O=C(CO)N1CCN(Cc2ccccn2)CC1. The van der Waals surface area contributed by atoms with E-state index in [9.17, 15) is 4.79 Å². The van der Waals surface area contributed by atoms with Gasteiger partial charge in [-0.3, -0.25) is 14.7 Å². The molecule has 1 aromatic heterocycles. The second kappa shape index (κ2) is 5.75. The molecule has 1 aliphatic rings. The Morgan fingerprint density at radius 2 is 2.06 bits per heavy atom. The van der Waals surface area contributed by atoms with Crippen LogP contribution in [0.25, 0.3) is 0 Å². The van der Waals surface area contributed by atoms with E-state index in [-0.39, 0.29) is 12.5 Å². The number of nitrogens with zero attached hydrogens (tertiary/aromatic N) is 3. The Kier molecular flexibility index (Phi) is 4.06. The number of hydrogen-bond acceptors (Lipinski definition) is 4. The molecule has 1 fully saturated rings. The van der Waals surface area contributed by atoms with Crippen LogP contribution in [0.3, 0.4) is 0 Å². The summed E-state index contributed by atoms with van der Waals surface area (Å²) in [5, 5.41) is 8.77. The van der Waals surface area contributed by atoms with Gasteiger partial charge in [-0.05, 0) is 12.1 Å². The largest absolute Gasteiger partial charge is 0.387 e. The van der Waals surface area contributed by atoms with Gasteiger partial charge in [-0.25, -0.2) is 0 Å². The standard InChI is InChI=1S/C12H17N3O2/c16-10-12(17)15-7-5-14(6-8-15)9-11-3-1-2-4-13-11/h1-4,16H,5-10H2. The highest BCUT2D eigenvalue weighted by Gasteiger charge is 2.20. The van der Waals surface area contributed by atoms with Crippen molar-refractivity contribution in [3.63, 3.8) is 0 Å². The molecule has 2 heterocycles. The highest BCUT2D eigenvalue weighted by atomic mass is 16.3. The van der Waals surface area contributed by atoms with Gasteiger partial charge in [0.15, 0.2) is 0 Å². The second-order valence-electron chi connectivity index (χ2n) is 4.14. The van der Waals surface area contributed by atoms with Gasteiger partial charge in [0.2, 0.25) is 5.91 Å². The van der Waals surface area contributed by atoms with Crippen LogP contribution in [0, 0.1) is 0 Å². The Labute approximate surface area is 101 Å². The molecule has 0 spiro atoms. The van der Waals surface area contributed by atoms with Gasteiger partial charge in [0.1, 0.15) is 6.61 Å². The Morgan fingerprint density at radius 3 is 2.65 bits per heavy atom. The Balaban J connectivity index is 1.82. The van der Waals surface area contributed by atoms with Crippen LogP contribution in [-0.2, 0) is 11.3 Å². The zero-order valence-electron chi connectivity index (χ0n) is 9.75. The smallest absolute Gasteiger partial charge is 0.248 e. The third kappa shape index (κ3) is 3.25. The second-order valence-corrected chi connectivity index (χ2v) is 4.14. The summed E-state index contributed by atoms with van der Waals surface area (Å²) in [6.45, 7) is 3.48. The highest BCUT2D eigenvalue weighted by molar-refractivity contribution is 5.77. The molecule has 1 aliphatic heterocycles. The summed E-state index contributed by atoms with van der Waals surface area (Å²) in [6.07, 6.45) is 1.79. The monoisotopic (exact) mass is 235 g/mol. The average molecular weight is 235 g/mol. The zero-order valence-corrected chi connectivity index (χ0v) is 9.75. The fourth-order valence-electron chi connectivity index (χ4n) is 1.98. The number of aliphatic hydroxyl groups excluding tert-OH is 1. The lowest BCUT2D eigenvalue weighted by molar-refractivity contribution is -0.136. The van der Waals surface area contributed by atoms with Crippen LogP contribution in [0.2, 0.25) is 0 Å². The van der Waals surface area contributed by atoms with Crippen molar-refractivity contribution in [3.05, 3.63) is 30.1 Å². The van der Waals surface area contributed by atoms with Crippen molar-refractivity contribution in [1.82, 2.24) is 14.8 Å². The van der Waals surface area contributed by atoms with Gasteiger partial charge in [-0.1, -0.05) is 6.07 Å².